The summed E-state index contributed by atoms with van der Waals surface area (Å²) in [4.78, 5) is 10.8. The van der Waals surface area contributed by atoms with E-state index < -0.39 is 0 Å². The first kappa shape index (κ1) is 12.0. The van der Waals surface area contributed by atoms with Gasteiger partial charge in [0.1, 0.15) is 0 Å². The summed E-state index contributed by atoms with van der Waals surface area (Å²) in [6.07, 6.45) is 0. The van der Waals surface area contributed by atoms with Crippen molar-refractivity contribution in [3.05, 3.63) is 39.4 Å². The van der Waals surface area contributed by atoms with E-state index in [1.807, 2.05) is 13.0 Å². The van der Waals surface area contributed by atoms with Crippen LogP contribution in [0.25, 0.3) is 0 Å². The van der Waals surface area contributed by atoms with Crippen molar-refractivity contribution in [2.24, 2.45) is 17.1 Å². The maximum absolute atomic E-state index is 11.0. The van der Waals surface area contributed by atoms with Crippen LogP contribution < -0.4 is 5.73 Å². The van der Waals surface area contributed by atoms with Gasteiger partial charge in [0.05, 0.1) is 4.92 Å². The lowest BCUT2D eigenvalue weighted by Crippen LogP contribution is -2.05. The average Bonchev–Trinajstić information content (AvgIpc) is 2.79. The zero-order chi connectivity index (χ0) is 12.8. The third-order valence-corrected chi connectivity index (χ3v) is 4.02. The fourth-order valence-electron chi connectivity index (χ4n) is 2.89. The molecule has 17 heavy (non-hydrogen) atoms. The molecule has 1 aliphatic carbocycles. The highest BCUT2D eigenvalue weighted by Crippen LogP contribution is 2.65. The Morgan fingerprint density at radius 2 is 2.12 bits per heavy atom. The van der Waals surface area contributed by atoms with Gasteiger partial charge in [-0.1, -0.05) is 25.5 Å². The molecule has 1 saturated carbocycles. The third kappa shape index (κ3) is 1.82. The summed E-state index contributed by atoms with van der Waals surface area (Å²) in [5.74, 6) is 0.566. The minimum absolute atomic E-state index is 0.0767. The van der Waals surface area contributed by atoms with Crippen LogP contribution in [0.1, 0.15) is 30.9 Å². The fraction of sp³-hybridized carbons (Fsp3) is 0.538. The first-order valence-electron chi connectivity index (χ1n) is 5.84. The molecule has 0 unspecified atom stereocenters. The average molecular weight is 234 g/mol. The van der Waals surface area contributed by atoms with E-state index >= 15 is 0 Å². The predicted octanol–water partition coefficient (Wildman–Crippen LogP) is 2.60. The molecule has 1 fully saturated rings. The van der Waals surface area contributed by atoms with Gasteiger partial charge in [-0.15, -0.1) is 0 Å². The van der Waals surface area contributed by atoms with Gasteiger partial charge in [0.15, 0.2) is 0 Å². The molecule has 1 aromatic carbocycles. The molecule has 1 aromatic rings. The van der Waals surface area contributed by atoms with Crippen LogP contribution in [-0.4, -0.2) is 11.5 Å². The Labute approximate surface area is 101 Å². The van der Waals surface area contributed by atoms with Crippen molar-refractivity contribution in [3.63, 3.8) is 0 Å². The van der Waals surface area contributed by atoms with Gasteiger partial charge in [0.25, 0.3) is 5.69 Å². The van der Waals surface area contributed by atoms with Crippen LogP contribution in [0.3, 0.4) is 0 Å². The van der Waals surface area contributed by atoms with E-state index in [4.69, 9.17) is 5.73 Å². The molecule has 4 heteroatoms. The van der Waals surface area contributed by atoms with Crippen molar-refractivity contribution in [2.45, 2.75) is 26.7 Å². The number of nitro groups is 1. The summed E-state index contributed by atoms with van der Waals surface area (Å²) in [5.41, 5.74) is 7.94. The SMILES string of the molecule is Cc1ccc([N+](=O)[O-])c([C@H]2[C@H](CN)C2(C)C)c1. The van der Waals surface area contributed by atoms with Gasteiger partial charge in [-0.25, -0.2) is 0 Å². The number of hydrogen-bond acceptors (Lipinski definition) is 3. The Bertz CT molecular complexity index is 468. The monoisotopic (exact) mass is 234 g/mol. The Hall–Kier alpha value is -1.42. The molecular weight excluding hydrogens is 216 g/mol. The maximum Gasteiger partial charge on any atom is 0.272 e. The van der Waals surface area contributed by atoms with Crippen molar-refractivity contribution in [3.8, 4) is 0 Å². The van der Waals surface area contributed by atoms with E-state index in [1.165, 1.54) is 0 Å². The summed E-state index contributed by atoms with van der Waals surface area (Å²) < 4.78 is 0. The third-order valence-electron chi connectivity index (χ3n) is 4.02. The second-order valence-electron chi connectivity index (χ2n) is 5.46. The molecule has 92 valence electrons. The molecule has 0 aliphatic heterocycles. The molecule has 2 rings (SSSR count). The molecule has 2 N–H and O–H groups in total. The quantitative estimate of drug-likeness (QED) is 0.645. The van der Waals surface area contributed by atoms with E-state index in [9.17, 15) is 10.1 Å². The molecule has 0 heterocycles. The lowest BCUT2D eigenvalue weighted by molar-refractivity contribution is -0.385. The Morgan fingerprint density at radius 3 is 2.59 bits per heavy atom. The summed E-state index contributed by atoms with van der Waals surface area (Å²) in [5, 5.41) is 11.0. The number of aryl methyl sites for hydroxylation is 1. The highest BCUT2D eigenvalue weighted by Gasteiger charge is 2.58. The minimum atomic E-state index is -0.295. The van der Waals surface area contributed by atoms with Gasteiger partial charge in [-0.3, -0.25) is 10.1 Å². The molecule has 0 saturated heterocycles. The topological polar surface area (TPSA) is 69.2 Å². The number of nitrogens with zero attached hydrogens (tertiary/aromatic N) is 1. The summed E-state index contributed by atoms with van der Waals surface area (Å²) >= 11 is 0. The van der Waals surface area contributed by atoms with Gasteiger partial charge in [-0.05, 0) is 30.9 Å². The summed E-state index contributed by atoms with van der Waals surface area (Å²) in [6, 6.07) is 5.32. The Balaban J connectivity index is 2.46. The molecule has 4 nitrogen and oxygen atoms in total. The normalized spacial score (nSPS) is 25.6. The van der Waals surface area contributed by atoms with Crippen LogP contribution in [0.2, 0.25) is 0 Å². The van der Waals surface area contributed by atoms with Crippen LogP contribution in [-0.2, 0) is 0 Å². The highest BCUT2D eigenvalue weighted by atomic mass is 16.6. The van der Waals surface area contributed by atoms with E-state index in [-0.39, 0.29) is 21.9 Å². The molecule has 0 bridgehead atoms. The maximum atomic E-state index is 11.0. The molecule has 2 atom stereocenters. The zero-order valence-electron chi connectivity index (χ0n) is 10.4. The van der Waals surface area contributed by atoms with Gasteiger partial charge in [0.2, 0.25) is 0 Å². The number of benzene rings is 1. The Morgan fingerprint density at radius 1 is 1.47 bits per heavy atom. The highest BCUT2D eigenvalue weighted by molar-refractivity contribution is 5.49. The second-order valence-corrected chi connectivity index (χ2v) is 5.46. The van der Waals surface area contributed by atoms with Crippen molar-refractivity contribution in [2.75, 3.05) is 6.54 Å². The fourth-order valence-corrected chi connectivity index (χ4v) is 2.89. The lowest BCUT2D eigenvalue weighted by atomic mass is 10.00. The number of nitro benzene ring substituents is 1. The van der Waals surface area contributed by atoms with Gasteiger partial charge >= 0.3 is 0 Å². The first-order valence-corrected chi connectivity index (χ1v) is 5.84. The van der Waals surface area contributed by atoms with E-state index in [0.717, 1.165) is 11.1 Å². The smallest absolute Gasteiger partial charge is 0.272 e. The van der Waals surface area contributed by atoms with Crippen LogP contribution in [0.15, 0.2) is 18.2 Å². The molecule has 0 amide bonds. The van der Waals surface area contributed by atoms with E-state index in [1.54, 1.807) is 12.1 Å². The molecule has 0 spiro atoms. The number of hydrogen-bond donors (Lipinski definition) is 1. The van der Waals surface area contributed by atoms with Gasteiger partial charge in [-0.2, -0.15) is 0 Å². The van der Waals surface area contributed by atoms with Crippen molar-refractivity contribution in [1.29, 1.82) is 0 Å². The van der Waals surface area contributed by atoms with E-state index in [0.29, 0.717) is 12.5 Å². The van der Waals surface area contributed by atoms with Gasteiger partial charge in [0, 0.05) is 17.5 Å². The van der Waals surface area contributed by atoms with Crippen LogP contribution in [0.4, 0.5) is 5.69 Å². The molecule has 1 aliphatic rings. The van der Waals surface area contributed by atoms with Crippen LogP contribution in [0, 0.1) is 28.4 Å². The first-order chi connectivity index (χ1) is 7.89. The lowest BCUT2D eigenvalue weighted by Gasteiger charge is -2.05. The van der Waals surface area contributed by atoms with Crippen molar-refractivity contribution >= 4 is 5.69 Å². The molecule has 0 aromatic heterocycles. The van der Waals surface area contributed by atoms with Crippen LogP contribution in [0.5, 0.6) is 0 Å². The second kappa shape index (κ2) is 3.81. The molecular formula is C13H18N2O2. The number of rotatable bonds is 3. The predicted molar refractivity (Wildman–Crippen MR) is 66.9 cm³/mol. The van der Waals surface area contributed by atoms with E-state index in [2.05, 4.69) is 13.8 Å². The number of nitrogens with two attached hydrogens (primary N) is 1. The standard InChI is InChI=1S/C13H18N2O2/c1-8-4-5-11(15(16)17)9(6-8)12-10(7-14)13(12,2)3/h4-6,10,12H,7,14H2,1-3H3/t10-,12-/m0/s1. The Kier molecular flexibility index (Phi) is 2.70. The zero-order valence-corrected chi connectivity index (χ0v) is 10.4. The van der Waals surface area contributed by atoms with Crippen LogP contribution >= 0.6 is 0 Å². The largest absolute Gasteiger partial charge is 0.330 e. The van der Waals surface area contributed by atoms with Crippen molar-refractivity contribution in [1.82, 2.24) is 0 Å². The molecule has 0 radical (unpaired) electrons. The van der Waals surface area contributed by atoms with Crippen molar-refractivity contribution < 1.29 is 4.92 Å². The van der Waals surface area contributed by atoms with Gasteiger partial charge < -0.3 is 5.73 Å². The minimum Gasteiger partial charge on any atom is -0.330 e. The summed E-state index contributed by atoms with van der Waals surface area (Å²) in [7, 11) is 0. The summed E-state index contributed by atoms with van der Waals surface area (Å²) in [6.45, 7) is 6.80.